The quantitative estimate of drug-likeness (QED) is 0.327. The Morgan fingerprint density at radius 2 is 1.93 bits per heavy atom. The number of benzene rings is 2. The van der Waals surface area contributed by atoms with Crippen molar-refractivity contribution in [3.63, 3.8) is 0 Å². The van der Waals surface area contributed by atoms with E-state index in [2.05, 4.69) is 0 Å². The molecule has 0 aliphatic carbocycles. The molecule has 1 N–H and O–H groups in total. The van der Waals surface area contributed by atoms with E-state index >= 15 is 0 Å². The van der Waals surface area contributed by atoms with Gasteiger partial charge in [0.15, 0.2) is 0 Å². The molecule has 1 unspecified atom stereocenters. The first-order chi connectivity index (χ1) is 14.5. The number of hydrogen-bond donors (Lipinski definition) is 1. The van der Waals surface area contributed by atoms with E-state index < -0.39 is 17.7 Å². The Morgan fingerprint density at radius 3 is 2.63 bits per heavy atom. The van der Waals surface area contributed by atoms with E-state index in [1.54, 1.807) is 48.5 Å². The summed E-state index contributed by atoms with van der Waals surface area (Å²) in [7, 11) is 0. The fourth-order valence-electron chi connectivity index (χ4n) is 3.50. The van der Waals surface area contributed by atoms with Gasteiger partial charge in [-0.15, -0.1) is 11.3 Å². The third-order valence-corrected chi connectivity index (χ3v) is 5.92. The maximum absolute atomic E-state index is 13.0. The van der Waals surface area contributed by atoms with E-state index in [4.69, 9.17) is 16.3 Å². The van der Waals surface area contributed by atoms with Crippen LogP contribution in [0.2, 0.25) is 5.02 Å². The topological polar surface area (TPSA) is 66.8 Å². The summed E-state index contributed by atoms with van der Waals surface area (Å²) in [6.07, 6.45) is 0. The minimum Gasteiger partial charge on any atom is -0.507 e. The van der Waals surface area contributed by atoms with Gasteiger partial charge in [-0.2, -0.15) is 0 Å². The zero-order valence-electron chi connectivity index (χ0n) is 16.0. The second kappa shape index (κ2) is 8.34. The first-order valence-electron chi connectivity index (χ1n) is 9.34. The standard InChI is InChI=1S/C23H18ClNO4S/c1-2-29-17-9-3-6-14(12-17)21(26)19-20(18-10-5-11-30-18)25(23(28)22(19)27)16-8-4-7-15(24)13-16/h3-13,20,26H,2H2,1H3/b21-19-. The van der Waals surface area contributed by atoms with Crippen molar-refractivity contribution in [2.45, 2.75) is 13.0 Å². The Morgan fingerprint density at radius 1 is 1.13 bits per heavy atom. The molecule has 1 fully saturated rings. The van der Waals surface area contributed by atoms with E-state index in [1.807, 2.05) is 24.4 Å². The lowest BCUT2D eigenvalue weighted by atomic mass is 9.99. The van der Waals surface area contributed by atoms with Crippen molar-refractivity contribution in [3.8, 4) is 5.75 Å². The van der Waals surface area contributed by atoms with Gasteiger partial charge in [0.1, 0.15) is 17.6 Å². The second-order valence-corrected chi connectivity index (χ2v) is 8.04. The number of nitrogens with zero attached hydrogens (tertiary/aromatic N) is 1. The highest BCUT2D eigenvalue weighted by Crippen LogP contribution is 2.44. The predicted octanol–water partition coefficient (Wildman–Crippen LogP) is 5.43. The third-order valence-electron chi connectivity index (χ3n) is 4.76. The number of carbonyl (C=O) groups is 2. The van der Waals surface area contributed by atoms with Gasteiger partial charge in [-0.05, 0) is 48.7 Å². The zero-order valence-corrected chi connectivity index (χ0v) is 17.6. The number of Topliss-reactive ketones (excluding diaryl/α,β-unsaturated/α-hetero) is 1. The third kappa shape index (κ3) is 3.60. The van der Waals surface area contributed by atoms with Gasteiger partial charge in [0, 0.05) is 21.2 Å². The molecular formula is C23H18ClNO4S. The van der Waals surface area contributed by atoms with Gasteiger partial charge in [-0.3, -0.25) is 14.5 Å². The molecule has 0 saturated carbocycles. The molecule has 4 rings (SSSR count). The zero-order chi connectivity index (χ0) is 21.3. The molecule has 1 saturated heterocycles. The number of halogens is 1. The summed E-state index contributed by atoms with van der Waals surface area (Å²) in [5.74, 6) is -1.12. The Kier molecular flexibility index (Phi) is 5.61. The summed E-state index contributed by atoms with van der Waals surface area (Å²) in [6.45, 7) is 2.33. The summed E-state index contributed by atoms with van der Waals surface area (Å²) in [6, 6.07) is 16.5. The number of aliphatic hydroxyl groups excluding tert-OH is 1. The van der Waals surface area contributed by atoms with E-state index in [1.165, 1.54) is 16.2 Å². The van der Waals surface area contributed by atoms with Crippen molar-refractivity contribution < 1.29 is 19.4 Å². The smallest absolute Gasteiger partial charge is 0.300 e. The van der Waals surface area contributed by atoms with Crippen LogP contribution in [0, 0.1) is 0 Å². The van der Waals surface area contributed by atoms with Gasteiger partial charge in [-0.25, -0.2) is 0 Å². The van der Waals surface area contributed by atoms with Crippen molar-refractivity contribution in [3.05, 3.63) is 87.1 Å². The van der Waals surface area contributed by atoms with Crippen molar-refractivity contribution in [1.82, 2.24) is 0 Å². The van der Waals surface area contributed by atoms with Gasteiger partial charge >= 0.3 is 0 Å². The van der Waals surface area contributed by atoms with Crippen LogP contribution in [0.4, 0.5) is 5.69 Å². The number of aliphatic hydroxyl groups is 1. The molecule has 7 heteroatoms. The highest BCUT2D eigenvalue weighted by Gasteiger charge is 2.47. The number of anilines is 1. The van der Waals surface area contributed by atoms with Crippen molar-refractivity contribution in [2.75, 3.05) is 11.5 Å². The van der Waals surface area contributed by atoms with Gasteiger partial charge < -0.3 is 9.84 Å². The minimum absolute atomic E-state index is 0.0380. The number of ketones is 1. The molecule has 30 heavy (non-hydrogen) atoms. The first kappa shape index (κ1) is 20.2. The molecule has 1 aliphatic rings. The number of amides is 1. The Balaban J connectivity index is 1.90. The molecule has 1 amide bonds. The monoisotopic (exact) mass is 439 g/mol. The molecule has 1 aliphatic heterocycles. The second-order valence-electron chi connectivity index (χ2n) is 6.63. The van der Waals surface area contributed by atoms with Crippen molar-refractivity contribution >= 4 is 46.1 Å². The highest BCUT2D eigenvalue weighted by atomic mass is 35.5. The number of thiophene rings is 1. The summed E-state index contributed by atoms with van der Waals surface area (Å²) >= 11 is 7.53. The molecule has 152 valence electrons. The maximum atomic E-state index is 13.0. The average Bonchev–Trinajstić information content (AvgIpc) is 3.35. The van der Waals surface area contributed by atoms with Crippen LogP contribution in [0.25, 0.3) is 5.76 Å². The van der Waals surface area contributed by atoms with Crippen molar-refractivity contribution in [1.29, 1.82) is 0 Å². The van der Waals surface area contributed by atoms with E-state index in [0.29, 0.717) is 28.6 Å². The normalized spacial score (nSPS) is 18.1. The summed E-state index contributed by atoms with van der Waals surface area (Å²) in [5.41, 5.74) is 0.938. The molecule has 5 nitrogen and oxygen atoms in total. The van der Waals surface area contributed by atoms with Crippen LogP contribution in [0.1, 0.15) is 23.4 Å². The van der Waals surface area contributed by atoms with Gasteiger partial charge in [0.25, 0.3) is 11.7 Å². The highest BCUT2D eigenvalue weighted by molar-refractivity contribution is 7.10. The molecular weight excluding hydrogens is 422 g/mol. The Labute approximate surface area is 182 Å². The van der Waals surface area contributed by atoms with Crippen molar-refractivity contribution in [2.24, 2.45) is 0 Å². The van der Waals surface area contributed by atoms with E-state index in [9.17, 15) is 14.7 Å². The fraction of sp³-hybridized carbons (Fsp3) is 0.130. The summed E-state index contributed by atoms with van der Waals surface area (Å²) in [5, 5.41) is 13.4. The number of carbonyl (C=O) groups excluding carboxylic acids is 2. The molecule has 2 aromatic carbocycles. The molecule has 1 atom stereocenters. The van der Waals surface area contributed by atoms with Crippen LogP contribution in [0.3, 0.4) is 0 Å². The van der Waals surface area contributed by atoms with Crippen LogP contribution in [0.5, 0.6) is 5.75 Å². The van der Waals surface area contributed by atoms with Crippen LogP contribution < -0.4 is 9.64 Å². The number of ether oxygens (including phenoxy) is 1. The predicted molar refractivity (Wildman–Crippen MR) is 118 cm³/mol. The SMILES string of the molecule is CCOc1cccc(/C(O)=C2/C(=O)C(=O)N(c3cccc(Cl)c3)C2c2cccs2)c1. The number of hydrogen-bond acceptors (Lipinski definition) is 5. The van der Waals surface area contributed by atoms with Gasteiger partial charge in [0.2, 0.25) is 0 Å². The molecule has 3 aromatic rings. The Bertz CT molecular complexity index is 1140. The lowest BCUT2D eigenvalue weighted by Gasteiger charge is -2.24. The summed E-state index contributed by atoms with van der Waals surface area (Å²) in [4.78, 5) is 28.2. The minimum atomic E-state index is -0.751. The van der Waals surface area contributed by atoms with Gasteiger partial charge in [-0.1, -0.05) is 35.9 Å². The van der Waals surface area contributed by atoms with E-state index in [0.717, 1.165) is 4.88 Å². The largest absolute Gasteiger partial charge is 0.507 e. The molecule has 0 radical (unpaired) electrons. The van der Waals surface area contributed by atoms with Gasteiger partial charge in [0.05, 0.1) is 12.2 Å². The van der Waals surface area contributed by atoms with E-state index in [-0.39, 0.29) is 11.3 Å². The molecule has 0 bridgehead atoms. The van der Waals surface area contributed by atoms with Crippen LogP contribution in [0.15, 0.2) is 71.6 Å². The van der Waals surface area contributed by atoms with Crippen LogP contribution >= 0.6 is 22.9 Å². The maximum Gasteiger partial charge on any atom is 0.300 e. The molecule has 1 aromatic heterocycles. The Hall–Kier alpha value is -3.09. The number of rotatable bonds is 5. The molecule has 0 spiro atoms. The average molecular weight is 440 g/mol. The first-order valence-corrected chi connectivity index (χ1v) is 10.6. The lowest BCUT2D eigenvalue weighted by molar-refractivity contribution is -0.132. The fourth-order valence-corrected chi connectivity index (χ4v) is 4.50. The molecule has 2 heterocycles. The lowest BCUT2D eigenvalue weighted by Crippen LogP contribution is -2.29. The van der Waals surface area contributed by atoms with Crippen LogP contribution in [-0.4, -0.2) is 23.4 Å². The van der Waals surface area contributed by atoms with Crippen LogP contribution in [-0.2, 0) is 9.59 Å². The summed E-state index contributed by atoms with van der Waals surface area (Å²) < 4.78 is 5.50.